The summed E-state index contributed by atoms with van der Waals surface area (Å²) in [4.78, 5) is 14.1. The Kier molecular flexibility index (Phi) is 5.13. The molecule has 3 aromatic rings. The lowest BCUT2D eigenvalue weighted by Crippen LogP contribution is -2.12. The number of hydrogen-bond acceptors (Lipinski definition) is 7. The maximum absolute atomic E-state index is 11.3. The lowest BCUT2D eigenvalue weighted by molar-refractivity contribution is -0.386. The van der Waals surface area contributed by atoms with Crippen molar-refractivity contribution in [2.75, 3.05) is 0 Å². The molecule has 0 aliphatic rings. The Bertz CT molecular complexity index is 1110. The van der Waals surface area contributed by atoms with Crippen LogP contribution in [0.4, 0.5) is 5.69 Å². The molecule has 2 N–H and O–H groups in total. The van der Waals surface area contributed by atoms with E-state index in [1.54, 1.807) is 24.3 Å². The van der Waals surface area contributed by atoms with Gasteiger partial charge in [0.15, 0.2) is 18.1 Å². The van der Waals surface area contributed by atoms with Gasteiger partial charge < -0.3 is 9.15 Å². The topological polar surface area (TPSA) is 139 Å². The molecule has 0 aliphatic carbocycles. The van der Waals surface area contributed by atoms with Crippen molar-refractivity contribution in [1.82, 2.24) is 4.98 Å². The fourth-order valence-electron chi connectivity index (χ4n) is 2.23. The van der Waals surface area contributed by atoms with E-state index >= 15 is 0 Å². The average Bonchev–Trinajstić information content (AvgIpc) is 3.08. The summed E-state index contributed by atoms with van der Waals surface area (Å²) >= 11 is 5.93. The Morgan fingerprint density at radius 3 is 2.70 bits per heavy atom. The molecule has 2 aromatic carbocycles. The molecule has 0 unspecified atom stereocenters. The Morgan fingerprint density at radius 2 is 2.04 bits per heavy atom. The van der Waals surface area contributed by atoms with Crippen LogP contribution in [0, 0.1) is 10.1 Å². The first-order chi connectivity index (χ1) is 12.7. The van der Waals surface area contributed by atoms with Gasteiger partial charge in [0.2, 0.25) is 15.9 Å². The van der Waals surface area contributed by atoms with Gasteiger partial charge in [0, 0.05) is 16.7 Å². The molecule has 27 heavy (non-hydrogen) atoms. The molecule has 0 fully saturated rings. The van der Waals surface area contributed by atoms with Gasteiger partial charge >= 0.3 is 5.69 Å². The summed E-state index contributed by atoms with van der Waals surface area (Å²) in [7, 11) is -4.08. The van der Waals surface area contributed by atoms with Crippen LogP contribution >= 0.6 is 11.6 Å². The van der Waals surface area contributed by atoms with Crippen molar-refractivity contribution < 1.29 is 22.5 Å². The first-order valence-corrected chi connectivity index (χ1v) is 9.31. The van der Waals surface area contributed by atoms with Crippen molar-refractivity contribution in [2.24, 2.45) is 5.14 Å². The third-order valence-electron chi connectivity index (χ3n) is 3.47. The van der Waals surface area contributed by atoms with Crippen LogP contribution in [0.2, 0.25) is 5.02 Å². The first-order valence-electron chi connectivity index (χ1n) is 7.39. The lowest BCUT2D eigenvalue weighted by atomic mass is 10.2. The molecular formula is C16H12ClN3O6S. The predicted molar refractivity (Wildman–Crippen MR) is 95.8 cm³/mol. The number of nitrogens with zero attached hydrogens (tertiary/aromatic N) is 2. The number of nitrogens with two attached hydrogens (primary N) is 1. The smallest absolute Gasteiger partial charge is 0.312 e. The number of rotatable bonds is 6. The van der Waals surface area contributed by atoms with Gasteiger partial charge in [-0.3, -0.25) is 10.1 Å². The van der Waals surface area contributed by atoms with Gasteiger partial charge in [0.05, 0.1) is 16.0 Å². The van der Waals surface area contributed by atoms with Crippen LogP contribution in [0.5, 0.6) is 5.75 Å². The maximum atomic E-state index is 11.3. The molecule has 1 aromatic heterocycles. The van der Waals surface area contributed by atoms with Crippen molar-refractivity contribution in [3.63, 3.8) is 0 Å². The number of ether oxygens (including phenoxy) is 1. The monoisotopic (exact) mass is 409 g/mol. The Labute approximate surface area is 158 Å². The van der Waals surface area contributed by atoms with E-state index in [9.17, 15) is 18.5 Å². The number of primary sulfonamides is 1. The highest BCUT2D eigenvalue weighted by Crippen LogP contribution is 2.30. The molecule has 0 aliphatic heterocycles. The fourth-order valence-corrected chi connectivity index (χ4v) is 2.95. The molecule has 0 amide bonds. The van der Waals surface area contributed by atoms with Gasteiger partial charge in [-0.25, -0.2) is 18.5 Å². The van der Waals surface area contributed by atoms with E-state index in [-0.39, 0.29) is 23.1 Å². The van der Waals surface area contributed by atoms with Crippen molar-refractivity contribution >= 4 is 27.3 Å². The maximum Gasteiger partial charge on any atom is 0.312 e. The molecule has 11 heteroatoms. The minimum absolute atomic E-state index is 0.144. The summed E-state index contributed by atoms with van der Waals surface area (Å²) in [5, 5.41) is 16.7. The third kappa shape index (κ3) is 4.42. The van der Waals surface area contributed by atoms with Crippen LogP contribution in [-0.4, -0.2) is 18.3 Å². The van der Waals surface area contributed by atoms with E-state index < -0.39 is 20.6 Å². The van der Waals surface area contributed by atoms with Crippen molar-refractivity contribution in [2.45, 2.75) is 11.5 Å². The summed E-state index contributed by atoms with van der Waals surface area (Å²) in [5.41, 5.74) is 0.174. The van der Waals surface area contributed by atoms with Crippen LogP contribution < -0.4 is 9.88 Å². The SMILES string of the molecule is NS(=O)(=O)c1ccc(OCc2ncc(-c3cccc(Cl)c3)o2)c([N+](=O)[O-])c1. The standard InChI is InChI=1S/C16H12ClN3O6S/c17-11-3-1-2-10(6-11)15-8-19-16(26-15)9-25-14-5-4-12(27(18,23)24)7-13(14)20(21)22/h1-8H,9H2,(H2,18,23,24). The largest absolute Gasteiger partial charge is 0.477 e. The number of sulfonamides is 1. The molecule has 3 rings (SSSR count). The molecule has 140 valence electrons. The second-order valence-corrected chi connectivity index (χ2v) is 7.35. The van der Waals surface area contributed by atoms with Crippen LogP contribution in [0.1, 0.15) is 5.89 Å². The highest BCUT2D eigenvalue weighted by molar-refractivity contribution is 7.89. The zero-order valence-electron chi connectivity index (χ0n) is 13.5. The number of hydrogen-bond donors (Lipinski definition) is 1. The second-order valence-electron chi connectivity index (χ2n) is 5.35. The zero-order chi connectivity index (χ0) is 19.6. The molecule has 0 atom stereocenters. The third-order valence-corrected chi connectivity index (χ3v) is 4.62. The number of nitro groups is 1. The first kappa shape index (κ1) is 18.8. The second kappa shape index (κ2) is 7.35. The predicted octanol–water partition coefficient (Wildman–Crippen LogP) is 3.13. The van der Waals surface area contributed by atoms with Gasteiger partial charge in [-0.2, -0.15) is 0 Å². The number of benzene rings is 2. The number of halogens is 1. The van der Waals surface area contributed by atoms with E-state index in [0.29, 0.717) is 16.3 Å². The van der Waals surface area contributed by atoms with Crippen molar-refractivity contribution in [3.8, 4) is 17.1 Å². The molecule has 0 saturated carbocycles. The molecule has 0 radical (unpaired) electrons. The molecular weight excluding hydrogens is 398 g/mol. The summed E-state index contributed by atoms with van der Waals surface area (Å²) in [6, 6.07) is 10.1. The summed E-state index contributed by atoms with van der Waals surface area (Å²) in [6.07, 6.45) is 1.48. The van der Waals surface area contributed by atoms with Crippen molar-refractivity contribution in [1.29, 1.82) is 0 Å². The summed E-state index contributed by atoms with van der Waals surface area (Å²) < 4.78 is 33.6. The number of nitro benzene ring substituents is 1. The molecule has 9 nitrogen and oxygen atoms in total. The fraction of sp³-hybridized carbons (Fsp3) is 0.0625. The highest BCUT2D eigenvalue weighted by atomic mass is 35.5. The van der Waals surface area contributed by atoms with Gasteiger partial charge in [0.1, 0.15) is 0 Å². The Morgan fingerprint density at radius 1 is 1.26 bits per heavy atom. The van der Waals surface area contributed by atoms with E-state index in [4.69, 9.17) is 25.9 Å². The summed E-state index contributed by atoms with van der Waals surface area (Å²) in [6.45, 7) is -0.198. The normalized spacial score (nSPS) is 11.3. The van der Waals surface area contributed by atoms with E-state index in [1.165, 1.54) is 6.20 Å². The van der Waals surface area contributed by atoms with Gasteiger partial charge in [-0.15, -0.1) is 0 Å². The van der Waals surface area contributed by atoms with Gasteiger partial charge in [0.25, 0.3) is 0 Å². The van der Waals surface area contributed by atoms with Gasteiger partial charge in [-0.1, -0.05) is 23.7 Å². The van der Waals surface area contributed by atoms with Crippen LogP contribution in [0.15, 0.2) is 58.0 Å². The Hall–Kier alpha value is -2.95. The number of oxazole rings is 1. The highest BCUT2D eigenvalue weighted by Gasteiger charge is 2.21. The van der Waals surface area contributed by atoms with E-state index in [2.05, 4.69) is 4.98 Å². The summed E-state index contributed by atoms with van der Waals surface area (Å²) in [5.74, 6) is 0.486. The molecule has 0 saturated heterocycles. The quantitative estimate of drug-likeness (QED) is 0.487. The van der Waals surface area contributed by atoms with E-state index in [1.807, 2.05) is 0 Å². The van der Waals surface area contributed by atoms with Gasteiger partial charge in [-0.05, 0) is 24.3 Å². The Balaban J connectivity index is 1.80. The average molecular weight is 410 g/mol. The molecule has 0 spiro atoms. The molecule has 1 heterocycles. The van der Waals surface area contributed by atoms with Crippen LogP contribution in [0.25, 0.3) is 11.3 Å². The number of aromatic nitrogens is 1. The van der Waals surface area contributed by atoms with E-state index in [0.717, 1.165) is 18.2 Å². The lowest BCUT2D eigenvalue weighted by Gasteiger charge is -2.06. The minimum Gasteiger partial charge on any atom is -0.477 e. The molecule has 0 bridgehead atoms. The van der Waals surface area contributed by atoms with Crippen LogP contribution in [0.3, 0.4) is 0 Å². The minimum atomic E-state index is -4.08. The van der Waals surface area contributed by atoms with Crippen LogP contribution in [-0.2, 0) is 16.6 Å². The van der Waals surface area contributed by atoms with Crippen molar-refractivity contribution in [3.05, 3.63) is 69.7 Å². The zero-order valence-corrected chi connectivity index (χ0v) is 15.1.